The molecule has 0 aromatic heterocycles. The fraction of sp³-hybridized carbons (Fsp3) is 0.875. The van der Waals surface area contributed by atoms with E-state index in [1.807, 2.05) is 20.8 Å². The fourth-order valence-electron chi connectivity index (χ4n) is 3.21. The summed E-state index contributed by atoms with van der Waals surface area (Å²) in [4.78, 5) is 24.3. The van der Waals surface area contributed by atoms with E-state index < -0.39 is 35.7 Å². The molecule has 0 aliphatic carbocycles. The zero-order valence-electron chi connectivity index (χ0n) is 13.8. The molecule has 0 amide bonds. The molecule has 0 bridgehead atoms. The van der Waals surface area contributed by atoms with Crippen LogP contribution < -0.4 is 0 Å². The Bertz CT molecular complexity index is 497. The molecular weight excluding hydrogens is 288 g/mol. The summed E-state index contributed by atoms with van der Waals surface area (Å²) in [6, 6.07) is 0. The predicted octanol–water partition coefficient (Wildman–Crippen LogP) is 1.59. The van der Waals surface area contributed by atoms with Gasteiger partial charge in [-0.05, 0) is 34.1 Å². The highest BCUT2D eigenvalue weighted by molar-refractivity contribution is 5.84. The van der Waals surface area contributed by atoms with Crippen LogP contribution in [0.15, 0.2) is 0 Å². The van der Waals surface area contributed by atoms with Gasteiger partial charge in [-0.1, -0.05) is 6.92 Å². The van der Waals surface area contributed by atoms with Gasteiger partial charge in [0.1, 0.15) is 12.2 Å². The molecule has 0 aromatic rings. The molecule has 6 heteroatoms. The minimum Gasteiger partial charge on any atom is -0.454 e. The molecule has 5 atom stereocenters. The van der Waals surface area contributed by atoms with Crippen molar-refractivity contribution in [3.05, 3.63) is 0 Å². The summed E-state index contributed by atoms with van der Waals surface area (Å²) in [7, 11) is 0. The van der Waals surface area contributed by atoms with Crippen molar-refractivity contribution in [1.82, 2.24) is 0 Å². The van der Waals surface area contributed by atoms with Gasteiger partial charge in [-0.3, -0.25) is 4.79 Å². The second-order valence-electron chi connectivity index (χ2n) is 7.65. The SMILES string of the molecule is CCC(C)(C)C(=O)OC1C(=O)OC2C3OC(C)(C)CC3OC12. The number of fused-ring (bicyclic) bond motifs is 3. The summed E-state index contributed by atoms with van der Waals surface area (Å²) in [5.41, 5.74) is -0.920. The molecule has 3 aliphatic heterocycles. The molecule has 3 saturated heterocycles. The average molecular weight is 312 g/mol. The lowest BCUT2D eigenvalue weighted by Crippen LogP contribution is -2.40. The Labute approximate surface area is 130 Å². The summed E-state index contributed by atoms with van der Waals surface area (Å²) in [5, 5.41) is 0. The van der Waals surface area contributed by atoms with Gasteiger partial charge in [-0.2, -0.15) is 0 Å². The lowest BCUT2D eigenvalue weighted by molar-refractivity contribution is -0.173. The smallest absolute Gasteiger partial charge is 0.350 e. The molecule has 0 radical (unpaired) electrons. The Morgan fingerprint density at radius 3 is 2.64 bits per heavy atom. The molecule has 6 nitrogen and oxygen atoms in total. The second kappa shape index (κ2) is 4.93. The first-order valence-electron chi connectivity index (χ1n) is 7.89. The summed E-state index contributed by atoms with van der Waals surface area (Å²) < 4.78 is 22.7. The van der Waals surface area contributed by atoms with E-state index in [9.17, 15) is 9.59 Å². The number of carbonyl (C=O) groups excluding carboxylic acids is 2. The van der Waals surface area contributed by atoms with Crippen LogP contribution in [-0.4, -0.2) is 48.1 Å². The summed E-state index contributed by atoms with van der Waals surface area (Å²) >= 11 is 0. The fourth-order valence-corrected chi connectivity index (χ4v) is 3.21. The minimum absolute atomic E-state index is 0.113. The zero-order chi connectivity index (χ0) is 16.3. The van der Waals surface area contributed by atoms with E-state index in [-0.39, 0.29) is 17.8 Å². The molecule has 5 unspecified atom stereocenters. The lowest BCUT2D eigenvalue weighted by atomic mass is 9.90. The van der Waals surface area contributed by atoms with E-state index in [0.29, 0.717) is 6.42 Å². The van der Waals surface area contributed by atoms with Crippen LogP contribution in [0.4, 0.5) is 0 Å². The average Bonchev–Trinajstić information content (AvgIpc) is 2.98. The van der Waals surface area contributed by atoms with Gasteiger partial charge in [0.2, 0.25) is 6.10 Å². The molecule has 124 valence electrons. The standard InChI is InChI=1S/C16H24O6/c1-6-15(2,3)14(18)21-12-11-10(20-13(12)17)9-8(19-11)7-16(4,5)22-9/h8-12H,6-7H2,1-5H3. The number of esters is 2. The van der Waals surface area contributed by atoms with Crippen LogP contribution in [0.5, 0.6) is 0 Å². The van der Waals surface area contributed by atoms with Crippen molar-refractivity contribution in [3.63, 3.8) is 0 Å². The lowest BCUT2D eigenvalue weighted by Gasteiger charge is -2.25. The third-order valence-electron chi connectivity index (χ3n) is 4.95. The van der Waals surface area contributed by atoms with Crippen molar-refractivity contribution >= 4 is 11.9 Å². The van der Waals surface area contributed by atoms with Crippen molar-refractivity contribution in [1.29, 1.82) is 0 Å². The van der Waals surface area contributed by atoms with E-state index in [0.717, 1.165) is 6.42 Å². The van der Waals surface area contributed by atoms with Gasteiger partial charge < -0.3 is 18.9 Å². The maximum Gasteiger partial charge on any atom is 0.350 e. The van der Waals surface area contributed by atoms with Crippen molar-refractivity contribution in [2.45, 2.75) is 83.6 Å². The van der Waals surface area contributed by atoms with Crippen molar-refractivity contribution in [3.8, 4) is 0 Å². The molecular formula is C16H24O6. The van der Waals surface area contributed by atoms with Crippen LogP contribution in [0.2, 0.25) is 0 Å². The number of rotatable bonds is 3. The Morgan fingerprint density at radius 2 is 2.00 bits per heavy atom. The van der Waals surface area contributed by atoms with Gasteiger partial charge in [0.15, 0.2) is 6.10 Å². The first-order valence-corrected chi connectivity index (χ1v) is 7.89. The van der Waals surface area contributed by atoms with Crippen LogP contribution in [0.3, 0.4) is 0 Å². The van der Waals surface area contributed by atoms with Crippen LogP contribution in [0, 0.1) is 5.41 Å². The second-order valence-corrected chi connectivity index (χ2v) is 7.65. The molecule has 0 saturated carbocycles. The summed E-state index contributed by atoms with van der Waals surface area (Å²) in [5.74, 6) is -0.943. The van der Waals surface area contributed by atoms with E-state index in [1.165, 1.54) is 0 Å². The Hall–Kier alpha value is -1.14. The third-order valence-corrected chi connectivity index (χ3v) is 4.95. The maximum absolute atomic E-state index is 12.2. The third kappa shape index (κ3) is 2.42. The molecule has 0 N–H and O–H groups in total. The largest absolute Gasteiger partial charge is 0.454 e. The van der Waals surface area contributed by atoms with Gasteiger partial charge in [-0.15, -0.1) is 0 Å². The normalized spacial score (nSPS) is 39.3. The van der Waals surface area contributed by atoms with Gasteiger partial charge in [0.05, 0.1) is 17.1 Å². The van der Waals surface area contributed by atoms with Crippen molar-refractivity contribution < 1.29 is 28.5 Å². The number of ether oxygens (including phenoxy) is 4. The first kappa shape index (κ1) is 15.7. The van der Waals surface area contributed by atoms with Gasteiger partial charge in [0, 0.05) is 6.42 Å². The van der Waals surface area contributed by atoms with E-state index in [2.05, 4.69) is 0 Å². The topological polar surface area (TPSA) is 71.1 Å². The Balaban J connectivity index is 1.72. The number of hydrogen-bond donors (Lipinski definition) is 0. The van der Waals surface area contributed by atoms with Crippen molar-refractivity contribution in [2.75, 3.05) is 0 Å². The summed E-state index contributed by atoms with van der Waals surface area (Å²) in [6.07, 6.45) is -1.04. The Morgan fingerprint density at radius 1 is 1.32 bits per heavy atom. The summed E-state index contributed by atoms with van der Waals surface area (Å²) in [6.45, 7) is 9.47. The van der Waals surface area contributed by atoms with E-state index in [1.54, 1.807) is 13.8 Å². The highest BCUT2D eigenvalue weighted by Gasteiger charge is 2.63. The van der Waals surface area contributed by atoms with Crippen LogP contribution in [0.25, 0.3) is 0 Å². The predicted molar refractivity (Wildman–Crippen MR) is 76.1 cm³/mol. The molecule has 3 rings (SSSR count). The van der Waals surface area contributed by atoms with E-state index >= 15 is 0 Å². The van der Waals surface area contributed by atoms with Gasteiger partial charge >= 0.3 is 11.9 Å². The highest BCUT2D eigenvalue weighted by Crippen LogP contribution is 2.44. The first-order chi connectivity index (χ1) is 10.1. The van der Waals surface area contributed by atoms with Crippen molar-refractivity contribution in [2.24, 2.45) is 5.41 Å². The molecule has 3 heterocycles. The zero-order valence-corrected chi connectivity index (χ0v) is 13.8. The van der Waals surface area contributed by atoms with E-state index in [4.69, 9.17) is 18.9 Å². The number of carbonyl (C=O) groups is 2. The molecule has 0 spiro atoms. The molecule has 0 aromatic carbocycles. The Kier molecular flexibility index (Phi) is 3.53. The van der Waals surface area contributed by atoms with Crippen LogP contribution in [0.1, 0.15) is 47.5 Å². The number of hydrogen-bond acceptors (Lipinski definition) is 6. The maximum atomic E-state index is 12.2. The van der Waals surface area contributed by atoms with Gasteiger partial charge in [0.25, 0.3) is 0 Å². The molecule has 3 fully saturated rings. The van der Waals surface area contributed by atoms with Crippen LogP contribution >= 0.6 is 0 Å². The van der Waals surface area contributed by atoms with Gasteiger partial charge in [-0.25, -0.2) is 4.79 Å². The van der Waals surface area contributed by atoms with Crippen LogP contribution in [-0.2, 0) is 28.5 Å². The minimum atomic E-state index is -0.986. The quantitative estimate of drug-likeness (QED) is 0.737. The molecule has 3 aliphatic rings. The highest BCUT2D eigenvalue weighted by atomic mass is 16.7. The molecule has 22 heavy (non-hydrogen) atoms. The monoisotopic (exact) mass is 312 g/mol.